The predicted molar refractivity (Wildman–Crippen MR) is 92.1 cm³/mol. The largest absolute Gasteiger partial charge is 0.454 e. The van der Waals surface area contributed by atoms with E-state index in [0.717, 1.165) is 11.6 Å². The summed E-state index contributed by atoms with van der Waals surface area (Å²) in [6, 6.07) is 8.55. The molecule has 25 heavy (non-hydrogen) atoms. The Labute approximate surface area is 151 Å². The lowest BCUT2D eigenvalue weighted by Crippen LogP contribution is -2.20. The van der Waals surface area contributed by atoms with Crippen LogP contribution < -0.4 is 5.32 Å². The molecule has 7 heteroatoms. The fourth-order valence-corrected chi connectivity index (χ4v) is 2.91. The third-order valence-corrected chi connectivity index (χ3v) is 4.50. The summed E-state index contributed by atoms with van der Waals surface area (Å²) in [5, 5.41) is 2.73. The van der Waals surface area contributed by atoms with Crippen LogP contribution in [0.1, 0.15) is 32.7 Å². The second kappa shape index (κ2) is 7.14. The van der Waals surface area contributed by atoms with Crippen molar-refractivity contribution in [2.24, 2.45) is 0 Å². The average Bonchev–Trinajstić information content (AvgIpc) is 2.60. The monoisotopic (exact) mass is 405 g/mol. The molecule has 2 aromatic carbocycles. The fourth-order valence-electron chi connectivity index (χ4n) is 2.50. The Hall–Kier alpha value is -2.54. The van der Waals surface area contributed by atoms with Crippen molar-refractivity contribution in [2.75, 3.05) is 11.9 Å². The third-order valence-electron chi connectivity index (χ3n) is 3.81. The maximum Gasteiger partial charge on any atom is 0.339 e. The number of amides is 1. The number of nitrogens with one attached hydrogen (secondary N) is 1. The molecule has 0 bridgehead atoms. The summed E-state index contributed by atoms with van der Waals surface area (Å²) in [5.41, 5.74) is 1.96. The Bertz CT molecular complexity index is 881. The number of carbonyl (C=O) groups is 3. The first kappa shape index (κ1) is 17.3. The lowest BCUT2D eigenvalue weighted by molar-refractivity contribution is -0.116. The van der Waals surface area contributed by atoms with Gasteiger partial charge >= 0.3 is 5.97 Å². The van der Waals surface area contributed by atoms with Gasteiger partial charge in [-0.1, -0.05) is 0 Å². The molecule has 0 fully saturated rings. The van der Waals surface area contributed by atoms with E-state index in [9.17, 15) is 18.8 Å². The van der Waals surface area contributed by atoms with Crippen molar-refractivity contribution in [3.63, 3.8) is 0 Å². The van der Waals surface area contributed by atoms with E-state index < -0.39 is 18.4 Å². The van der Waals surface area contributed by atoms with Crippen LogP contribution in [0.25, 0.3) is 0 Å². The highest BCUT2D eigenvalue weighted by molar-refractivity contribution is 9.10. The van der Waals surface area contributed by atoms with Crippen LogP contribution in [0.15, 0.2) is 40.9 Å². The summed E-state index contributed by atoms with van der Waals surface area (Å²) in [6.45, 7) is -0.451. The second-order valence-corrected chi connectivity index (χ2v) is 6.40. The van der Waals surface area contributed by atoms with Crippen molar-refractivity contribution in [1.29, 1.82) is 0 Å². The second-order valence-electron chi connectivity index (χ2n) is 5.54. The van der Waals surface area contributed by atoms with Gasteiger partial charge in [-0.25, -0.2) is 9.18 Å². The summed E-state index contributed by atoms with van der Waals surface area (Å²) in [7, 11) is 0. The van der Waals surface area contributed by atoms with Crippen LogP contribution in [0, 0.1) is 5.82 Å². The number of ether oxygens (including phenoxy) is 1. The van der Waals surface area contributed by atoms with E-state index >= 15 is 0 Å². The number of Topliss-reactive ketones (excluding diaryl/α,β-unsaturated/α-hetero) is 1. The van der Waals surface area contributed by atoms with Crippen LogP contribution in [0.5, 0.6) is 0 Å². The van der Waals surface area contributed by atoms with Gasteiger partial charge in [-0.15, -0.1) is 0 Å². The van der Waals surface area contributed by atoms with Crippen LogP contribution in [-0.2, 0) is 16.0 Å². The van der Waals surface area contributed by atoms with Gasteiger partial charge in [-0.05, 0) is 64.3 Å². The zero-order chi connectivity index (χ0) is 18.0. The van der Waals surface area contributed by atoms with Gasteiger partial charge in [0.2, 0.25) is 5.91 Å². The SMILES string of the molecule is O=C1CCc2cc(C(=O)COC(=O)c3cc(F)ccc3Br)ccc2N1. The minimum atomic E-state index is -0.787. The van der Waals surface area contributed by atoms with Crippen LogP contribution >= 0.6 is 15.9 Å². The van der Waals surface area contributed by atoms with Gasteiger partial charge in [-0.3, -0.25) is 9.59 Å². The van der Waals surface area contributed by atoms with Crippen molar-refractivity contribution in [3.05, 3.63) is 63.4 Å². The number of ketones is 1. The Morgan fingerprint density at radius 1 is 1.16 bits per heavy atom. The Morgan fingerprint density at radius 3 is 2.76 bits per heavy atom. The number of benzene rings is 2. The number of fused-ring (bicyclic) bond motifs is 1. The Balaban J connectivity index is 1.67. The van der Waals surface area contributed by atoms with E-state index in [1.165, 1.54) is 12.1 Å². The smallest absolute Gasteiger partial charge is 0.339 e. The number of halogens is 2. The van der Waals surface area contributed by atoms with Crippen molar-refractivity contribution >= 4 is 39.3 Å². The number of hydrogen-bond donors (Lipinski definition) is 1. The van der Waals surface area contributed by atoms with Gasteiger partial charge in [0, 0.05) is 22.1 Å². The molecule has 2 aromatic rings. The van der Waals surface area contributed by atoms with Crippen LogP contribution in [0.2, 0.25) is 0 Å². The molecule has 0 aromatic heterocycles. The van der Waals surface area contributed by atoms with Gasteiger partial charge in [0.15, 0.2) is 12.4 Å². The van der Waals surface area contributed by atoms with Crippen LogP contribution in [-0.4, -0.2) is 24.3 Å². The van der Waals surface area contributed by atoms with Crippen LogP contribution in [0.4, 0.5) is 10.1 Å². The molecule has 0 saturated carbocycles. The minimum Gasteiger partial charge on any atom is -0.454 e. The molecule has 1 amide bonds. The maximum absolute atomic E-state index is 13.2. The lowest BCUT2D eigenvalue weighted by atomic mass is 9.99. The van der Waals surface area contributed by atoms with E-state index in [1.807, 2.05) is 0 Å². The third kappa shape index (κ3) is 3.93. The average molecular weight is 406 g/mol. The number of carbonyl (C=O) groups excluding carboxylic acids is 3. The number of aryl methyl sites for hydroxylation is 1. The number of anilines is 1. The van der Waals surface area contributed by atoms with E-state index in [1.54, 1.807) is 18.2 Å². The van der Waals surface area contributed by atoms with Gasteiger partial charge in [0.1, 0.15) is 5.82 Å². The van der Waals surface area contributed by atoms with Crippen molar-refractivity contribution < 1.29 is 23.5 Å². The molecule has 1 N–H and O–H groups in total. The van der Waals surface area contributed by atoms with E-state index in [-0.39, 0.29) is 17.3 Å². The molecule has 0 radical (unpaired) electrons. The molecular formula is C18H13BrFNO4. The summed E-state index contributed by atoms with van der Waals surface area (Å²) in [6.07, 6.45) is 0.922. The molecule has 1 aliphatic heterocycles. The molecular weight excluding hydrogens is 393 g/mol. The maximum atomic E-state index is 13.2. The minimum absolute atomic E-state index is 0.0148. The highest BCUT2D eigenvalue weighted by Gasteiger charge is 2.18. The topological polar surface area (TPSA) is 72.5 Å². The number of hydrogen-bond acceptors (Lipinski definition) is 4. The zero-order valence-corrected chi connectivity index (χ0v) is 14.6. The molecule has 0 saturated heterocycles. The molecule has 0 aliphatic carbocycles. The fraction of sp³-hybridized carbons (Fsp3) is 0.167. The first-order valence-corrected chi connectivity index (χ1v) is 8.31. The summed E-state index contributed by atoms with van der Waals surface area (Å²) in [5.74, 6) is -1.79. The van der Waals surface area contributed by atoms with Gasteiger partial charge < -0.3 is 10.1 Å². The van der Waals surface area contributed by atoms with Gasteiger partial charge in [-0.2, -0.15) is 0 Å². The molecule has 128 valence electrons. The van der Waals surface area contributed by atoms with Gasteiger partial charge in [0.05, 0.1) is 5.56 Å². The molecule has 1 heterocycles. The van der Waals surface area contributed by atoms with Gasteiger partial charge in [0.25, 0.3) is 0 Å². The summed E-state index contributed by atoms with van der Waals surface area (Å²) < 4.78 is 18.6. The Kier molecular flexibility index (Phi) is 4.94. The summed E-state index contributed by atoms with van der Waals surface area (Å²) >= 11 is 3.14. The quantitative estimate of drug-likeness (QED) is 0.623. The van der Waals surface area contributed by atoms with Crippen molar-refractivity contribution in [2.45, 2.75) is 12.8 Å². The molecule has 0 spiro atoms. The first-order valence-electron chi connectivity index (χ1n) is 7.52. The highest BCUT2D eigenvalue weighted by Crippen LogP contribution is 2.24. The van der Waals surface area contributed by atoms with Crippen molar-refractivity contribution in [1.82, 2.24) is 0 Å². The molecule has 3 rings (SSSR count). The predicted octanol–water partition coefficient (Wildman–Crippen LogP) is 3.51. The van der Waals surface area contributed by atoms with E-state index in [4.69, 9.17) is 4.74 Å². The molecule has 0 atom stereocenters. The molecule has 0 unspecified atom stereocenters. The first-order chi connectivity index (χ1) is 11.9. The lowest BCUT2D eigenvalue weighted by Gasteiger charge is -2.17. The van der Waals surface area contributed by atoms with Crippen molar-refractivity contribution in [3.8, 4) is 0 Å². The molecule has 5 nitrogen and oxygen atoms in total. The standard InChI is InChI=1S/C18H13BrFNO4/c19-14-4-3-12(20)8-13(14)18(24)25-9-16(22)11-1-5-15-10(7-11)2-6-17(23)21-15/h1,3-5,7-8H,2,6,9H2,(H,21,23). The Morgan fingerprint density at radius 2 is 1.96 bits per heavy atom. The van der Waals surface area contributed by atoms with E-state index in [2.05, 4.69) is 21.2 Å². The molecule has 1 aliphatic rings. The van der Waals surface area contributed by atoms with Crippen LogP contribution in [0.3, 0.4) is 0 Å². The summed E-state index contributed by atoms with van der Waals surface area (Å²) in [4.78, 5) is 35.6. The zero-order valence-electron chi connectivity index (χ0n) is 13.0. The van der Waals surface area contributed by atoms with E-state index in [0.29, 0.717) is 28.6 Å². The highest BCUT2D eigenvalue weighted by atomic mass is 79.9. The normalized spacial score (nSPS) is 13.0. The number of esters is 1. The number of rotatable bonds is 4.